The van der Waals surface area contributed by atoms with Gasteiger partial charge in [0, 0.05) is 17.1 Å². The lowest BCUT2D eigenvalue weighted by atomic mass is 10.1. The second-order valence-electron chi connectivity index (χ2n) is 5.59. The van der Waals surface area contributed by atoms with E-state index in [0.29, 0.717) is 15.4 Å². The molecule has 3 aromatic rings. The molecule has 1 aromatic carbocycles. The van der Waals surface area contributed by atoms with E-state index in [1.807, 2.05) is 39.0 Å². The van der Waals surface area contributed by atoms with Gasteiger partial charge in [-0.05, 0) is 37.5 Å². The van der Waals surface area contributed by atoms with Crippen LogP contribution in [0.25, 0.3) is 10.2 Å². The lowest BCUT2D eigenvalue weighted by molar-refractivity contribution is 0.103. The van der Waals surface area contributed by atoms with E-state index in [1.54, 1.807) is 0 Å². The van der Waals surface area contributed by atoms with Gasteiger partial charge in [-0.25, -0.2) is 0 Å². The third-order valence-corrected chi connectivity index (χ3v) is 4.97. The summed E-state index contributed by atoms with van der Waals surface area (Å²) in [6.07, 6.45) is 0. The number of nitrogens with one attached hydrogen (secondary N) is 2. The zero-order valence-electron chi connectivity index (χ0n) is 13.1. The smallest absolute Gasteiger partial charge is 0.267 e. The summed E-state index contributed by atoms with van der Waals surface area (Å²) in [6, 6.07) is 7.32. The van der Waals surface area contributed by atoms with Crippen LogP contribution in [0.1, 0.15) is 26.4 Å². The summed E-state index contributed by atoms with van der Waals surface area (Å²) in [7, 11) is 0. The minimum atomic E-state index is -0.263. The molecule has 2 heterocycles. The van der Waals surface area contributed by atoms with E-state index in [2.05, 4.69) is 10.3 Å². The predicted molar refractivity (Wildman–Crippen MR) is 95.5 cm³/mol. The number of para-hydroxylation sites is 1. The summed E-state index contributed by atoms with van der Waals surface area (Å²) in [4.78, 5) is 28.0. The minimum Gasteiger partial charge on any atom is -0.397 e. The highest BCUT2D eigenvalue weighted by atomic mass is 32.1. The summed E-state index contributed by atoms with van der Waals surface area (Å²) < 4.78 is 0. The Morgan fingerprint density at radius 2 is 1.83 bits per heavy atom. The monoisotopic (exact) mass is 327 g/mol. The maximum absolute atomic E-state index is 12.6. The van der Waals surface area contributed by atoms with Gasteiger partial charge < -0.3 is 16.0 Å². The lowest BCUT2D eigenvalue weighted by Crippen LogP contribution is -2.13. The fraction of sp³-hybridized carbons (Fsp3) is 0.176. The number of carbonyl (C=O) groups excluding carboxylic acids is 1. The number of H-pyrrole nitrogens is 1. The van der Waals surface area contributed by atoms with Crippen LogP contribution in [0, 0.1) is 20.8 Å². The van der Waals surface area contributed by atoms with Crippen LogP contribution < -0.4 is 16.6 Å². The van der Waals surface area contributed by atoms with Gasteiger partial charge in [-0.1, -0.05) is 18.2 Å². The van der Waals surface area contributed by atoms with Gasteiger partial charge in [0.15, 0.2) is 0 Å². The molecule has 1 amide bonds. The predicted octanol–water partition coefficient (Wildman–Crippen LogP) is 3.35. The number of nitrogen functional groups attached to an aromatic ring is 1. The molecule has 0 aliphatic carbocycles. The second-order valence-corrected chi connectivity index (χ2v) is 6.61. The highest BCUT2D eigenvalue weighted by molar-refractivity contribution is 7.21. The van der Waals surface area contributed by atoms with Crippen LogP contribution in [0.2, 0.25) is 0 Å². The minimum absolute atomic E-state index is 0.196. The van der Waals surface area contributed by atoms with Crippen molar-refractivity contribution in [3.8, 4) is 0 Å². The van der Waals surface area contributed by atoms with Crippen LogP contribution in [-0.4, -0.2) is 10.9 Å². The molecule has 0 radical (unpaired) electrons. The Labute approximate surface area is 137 Å². The standard InChI is InChI=1S/C17H17N3O2S/c1-8-5-4-6-9(2)14(8)20-16(22)15-13(18)12-10(3)7-11(21)19-17(12)23-15/h4-7H,18H2,1-3H3,(H,19,21)(H,20,22). The molecule has 0 aliphatic heterocycles. The lowest BCUT2D eigenvalue weighted by Gasteiger charge is -2.10. The highest BCUT2D eigenvalue weighted by Gasteiger charge is 2.19. The van der Waals surface area contributed by atoms with E-state index in [0.717, 1.165) is 27.8 Å². The molecule has 0 atom stereocenters. The zero-order chi connectivity index (χ0) is 16.7. The number of hydrogen-bond donors (Lipinski definition) is 3. The van der Waals surface area contributed by atoms with Gasteiger partial charge >= 0.3 is 0 Å². The molecule has 0 bridgehead atoms. The first-order chi connectivity index (χ1) is 10.9. The average Bonchev–Trinajstić information content (AvgIpc) is 2.80. The van der Waals surface area contributed by atoms with Crippen LogP contribution in [0.15, 0.2) is 29.1 Å². The van der Waals surface area contributed by atoms with Gasteiger partial charge in [-0.2, -0.15) is 0 Å². The van der Waals surface area contributed by atoms with Crippen LogP contribution in [0.5, 0.6) is 0 Å². The Morgan fingerprint density at radius 3 is 2.48 bits per heavy atom. The first kappa shape index (κ1) is 15.3. The number of anilines is 2. The topological polar surface area (TPSA) is 88.0 Å². The Balaban J connectivity index is 2.07. The molecule has 5 nitrogen and oxygen atoms in total. The molecule has 2 aromatic heterocycles. The van der Waals surface area contributed by atoms with E-state index >= 15 is 0 Å². The maximum atomic E-state index is 12.6. The average molecular weight is 327 g/mol. The molecular formula is C17H17N3O2S. The molecule has 0 saturated carbocycles. The molecule has 6 heteroatoms. The van der Waals surface area contributed by atoms with E-state index in [1.165, 1.54) is 17.4 Å². The SMILES string of the molecule is Cc1cccc(C)c1NC(=O)c1sc2[nH]c(=O)cc(C)c2c1N. The Morgan fingerprint density at radius 1 is 1.17 bits per heavy atom. The molecule has 0 saturated heterocycles. The van der Waals surface area contributed by atoms with Crippen molar-refractivity contribution >= 4 is 38.8 Å². The molecule has 0 fully saturated rings. The van der Waals surface area contributed by atoms with E-state index < -0.39 is 0 Å². The molecule has 0 unspecified atom stereocenters. The molecule has 4 N–H and O–H groups in total. The first-order valence-corrected chi connectivity index (χ1v) is 7.99. The Hall–Kier alpha value is -2.60. The maximum Gasteiger partial charge on any atom is 0.267 e. The second kappa shape index (κ2) is 5.55. The number of hydrogen-bond acceptors (Lipinski definition) is 4. The van der Waals surface area contributed by atoms with Crippen LogP contribution in [0.4, 0.5) is 11.4 Å². The van der Waals surface area contributed by atoms with Crippen molar-refractivity contribution in [2.45, 2.75) is 20.8 Å². The summed E-state index contributed by atoms with van der Waals surface area (Å²) in [5.74, 6) is -0.263. The molecule has 0 aliphatic rings. The van der Waals surface area contributed by atoms with Crippen molar-refractivity contribution in [3.63, 3.8) is 0 Å². The van der Waals surface area contributed by atoms with Crippen molar-refractivity contribution in [1.82, 2.24) is 4.98 Å². The van der Waals surface area contributed by atoms with Crippen LogP contribution in [-0.2, 0) is 0 Å². The summed E-state index contributed by atoms with van der Waals surface area (Å²) in [5, 5.41) is 3.67. The number of pyridine rings is 1. The number of benzene rings is 1. The molecule has 118 valence electrons. The fourth-order valence-electron chi connectivity index (χ4n) is 2.69. The number of aromatic nitrogens is 1. The number of carbonyl (C=O) groups is 1. The first-order valence-electron chi connectivity index (χ1n) is 7.18. The highest BCUT2D eigenvalue weighted by Crippen LogP contribution is 2.34. The van der Waals surface area contributed by atoms with Crippen molar-refractivity contribution < 1.29 is 4.79 Å². The summed E-state index contributed by atoms with van der Waals surface area (Å²) in [6.45, 7) is 5.70. The van der Waals surface area contributed by atoms with Crippen molar-refractivity contribution in [3.05, 3.63) is 56.2 Å². The van der Waals surface area contributed by atoms with E-state index in [-0.39, 0.29) is 11.5 Å². The number of rotatable bonds is 2. The van der Waals surface area contributed by atoms with Crippen LogP contribution in [0.3, 0.4) is 0 Å². The fourth-order valence-corrected chi connectivity index (χ4v) is 3.78. The van der Waals surface area contributed by atoms with Crippen LogP contribution >= 0.6 is 11.3 Å². The van der Waals surface area contributed by atoms with Gasteiger partial charge in [-0.3, -0.25) is 9.59 Å². The van der Waals surface area contributed by atoms with E-state index in [4.69, 9.17) is 5.73 Å². The number of fused-ring (bicyclic) bond motifs is 1. The Bertz CT molecular complexity index is 965. The third kappa shape index (κ3) is 2.61. The van der Waals surface area contributed by atoms with E-state index in [9.17, 15) is 9.59 Å². The quantitative estimate of drug-likeness (QED) is 0.674. The van der Waals surface area contributed by atoms with Gasteiger partial charge in [0.1, 0.15) is 9.71 Å². The number of aryl methyl sites for hydroxylation is 3. The van der Waals surface area contributed by atoms with Crippen molar-refractivity contribution in [2.75, 3.05) is 11.1 Å². The molecule has 0 spiro atoms. The van der Waals surface area contributed by atoms with Crippen molar-refractivity contribution in [2.24, 2.45) is 0 Å². The van der Waals surface area contributed by atoms with Gasteiger partial charge in [0.05, 0.1) is 5.69 Å². The summed E-state index contributed by atoms with van der Waals surface area (Å²) >= 11 is 1.20. The van der Waals surface area contributed by atoms with Gasteiger partial charge in [0.25, 0.3) is 5.91 Å². The molecule has 23 heavy (non-hydrogen) atoms. The van der Waals surface area contributed by atoms with Crippen molar-refractivity contribution in [1.29, 1.82) is 0 Å². The number of amides is 1. The zero-order valence-corrected chi connectivity index (χ0v) is 13.9. The number of thiophene rings is 1. The van der Waals surface area contributed by atoms with Gasteiger partial charge in [0.2, 0.25) is 5.56 Å². The summed E-state index contributed by atoms with van der Waals surface area (Å²) in [5.41, 5.74) is 9.89. The molecule has 3 rings (SSSR count). The number of nitrogens with two attached hydrogens (primary N) is 1. The molecular weight excluding hydrogens is 310 g/mol. The Kier molecular flexibility index (Phi) is 3.69. The third-order valence-electron chi connectivity index (χ3n) is 3.85. The normalized spacial score (nSPS) is 10.9. The van der Waals surface area contributed by atoms with Gasteiger partial charge in [-0.15, -0.1) is 11.3 Å². The largest absolute Gasteiger partial charge is 0.397 e. The number of aromatic amines is 1.